The molecule has 11 heavy (non-hydrogen) atoms. The van der Waals surface area contributed by atoms with Crippen molar-refractivity contribution >= 4 is 0 Å². The molecular formula is C6H16N2O3. The average molecular weight is 164 g/mol. The van der Waals surface area contributed by atoms with Gasteiger partial charge in [-0.15, -0.1) is 0 Å². The third kappa shape index (κ3) is 9.80. The van der Waals surface area contributed by atoms with Crippen LogP contribution in [0.5, 0.6) is 0 Å². The molecule has 5 nitrogen and oxygen atoms in total. The molecule has 0 radical (unpaired) electrons. The molecule has 0 spiro atoms. The third-order valence-corrected chi connectivity index (χ3v) is 1.15. The van der Waals surface area contributed by atoms with Crippen LogP contribution in [0.3, 0.4) is 0 Å². The van der Waals surface area contributed by atoms with Crippen molar-refractivity contribution in [2.75, 3.05) is 26.3 Å². The van der Waals surface area contributed by atoms with E-state index in [1.807, 2.05) is 11.0 Å². The summed E-state index contributed by atoms with van der Waals surface area (Å²) >= 11 is 0. The summed E-state index contributed by atoms with van der Waals surface area (Å²) in [5, 5.41) is 16.3. The van der Waals surface area contributed by atoms with Crippen LogP contribution in [-0.4, -0.2) is 36.7 Å². The molecule has 68 valence electrons. The van der Waals surface area contributed by atoms with E-state index in [0.717, 1.165) is 12.8 Å². The van der Waals surface area contributed by atoms with Gasteiger partial charge in [0, 0.05) is 26.3 Å². The first kappa shape index (κ1) is 10.8. The van der Waals surface area contributed by atoms with Crippen LogP contribution < -0.4 is 11.0 Å². The van der Waals surface area contributed by atoms with E-state index in [2.05, 4.69) is 0 Å². The number of hydrogen-bond acceptors (Lipinski definition) is 5. The molecule has 0 aromatic rings. The highest BCUT2D eigenvalue weighted by Gasteiger charge is 1.88. The Balaban J connectivity index is 2.69. The molecule has 0 aliphatic carbocycles. The molecule has 0 atom stereocenters. The summed E-state index contributed by atoms with van der Waals surface area (Å²) in [6, 6.07) is 0. The Hall–Kier alpha value is -0.200. The summed E-state index contributed by atoms with van der Waals surface area (Å²) in [5.74, 6) is 0. The Bertz CT molecular complexity index is 64.8. The molecule has 0 fully saturated rings. The van der Waals surface area contributed by atoms with Gasteiger partial charge < -0.3 is 15.2 Å². The second-order valence-corrected chi connectivity index (χ2v) is 2.14. The van der Waals surface area contributed by atoms with Crippen molar-refractivity contribution in [3.05, 3.63) is 0 Å². The maximum Gasteiger partial charge on any atom is 0.0479 e. The molecule has 0 saturated heterocycles. The Labute approximate surface area is 66.3 Å². The topological polar surface area (TPSA) is 73.8 Å². The lowest BCUT2D eigenvalue weighted by Gasteiger charge is -2.02. The molecule has 0 aromatic carbocycles. The number of hydroxylamine groups is 2. The van der Waals surface area contributed by atoms with Crippen molar-refractivity contribution in [2.45, 2.75) is 12.8 Å². The van der Waals surface area contributed by atoms with Gasteiger partial charge in [-0.2, -0.15) is 0 Å². The molecule has 0 heterocycles. The van der Waals surface area contributed by atoms with E-state index >= 15 is 0 Å². The van der Waals surface area contributed by atoms with Crippen molar-refractivity contribution in [1.82, 2.24) is 11.0 Å². The van der Waals surface area contributed by atoms with Gasteiger partial charge in [-0.25, -0.2) is 11.0 Å². The van der Waals surface area contributed by atoms with Gasteiger partial charge in [0.05, 0.1) is 0 Å². The lowest BCUT2D eigenvalue weighted by Crippen LogP contribution is -2.14. The molecule has 5 heteroatoms. The predicted octanol–water partition coefficient (Wildman–Crippen LogP) is -0.259. The van der Waals surface area contributed by atoms with Crippen LogP contribution >= 0.6 is 0 Å². The molecule has 0 aromatic heterocycles. The molecule has 4 N–H and O–H groups in total. The Kier molecular flexibility index (Phi) is 9.62. The van der Waals surface area contributed by atoms with E-state index in [-0.39, 0.29) is 0 Å². The fraction of sp³-hybridized carbons (Fsp3) is 1.00. The van der Waals surface area contributed by atoms with E-state index in [1.54, 1.807) is 0 Å². The molecule has 0 bridgehead atoms. The number of nitrogens with one attached hydrogen (secondary N) is 2. The van der Waals surface area contributed by atoms with Crippen LogP contribution in [0.4, 0.5) is 0 Å². The standard InChI is InChI=1S/C6H16N2O3/c9-7-3-1-5-11-6-2-4-8-10/h7-10H,1-6H2. The summed E-state index contributed by atoms with van der Waals surface area (Å²) in [5.41, 5.74) is 4.07. The van der Waals surface area contributed by atoms with E-state index in [0.29, 0.717) is 26.3 Å². The molecule has 0 aliphatic heterocycles. The summed E-state index contributed by atoms with van der Waals surface area (Å²) in [6.07, 6.45) is 1.59. The minimum Gasteiger partial charge on any atom is -0.381 e. The van der Waals surface area contributed by atoms with Crippen LogP contribution in [0.25, 0.3) is 0 Å². The molecule has 0 saturated carbocycles. The molecule has 0 rings (SSSR count). The number of ether oxygens (including phenoxy) is 1. The first-order chi connectivity index (χ1) is 5.41. The molecule has 0 unspecified atom stereocenters. The van der Waals surface area contributed by atoms with Crippen molar-refractivity contribution in [1.29, 1.82) is 0 Å². The highest BCUT2D eigenvalue weighted by atomic mass is 16.5. The Morgan fingerprint density at radius 1 is 0.909 bits per heavy atom. The first-order valence-corrected chi connectivity index (χ1v) is 3.73. The van der Waals surface area contributed by atoms with Gasteiger partial charge in [-0.05, 0) is 12.8 Å². The largest absolute Gasteiger partial charge is 0.381 e. The van der Waals surface area contributed by atoms with Crippen LogP contribution in [-0.2, 0) is 4.74 Å². The SMILES string of the molecule is ONCCCOCCCNO. The number of hydrogen-bond donors (Lipinski definition) is 4. The Morgan fingerprint density at radius 2 is 1.36 bits per heavy atom. The zero-order chi connectivity index (χ0) is 8.36. The zero-order valence-electron chi connectivity index (χ0n) is 6.55. The predicted molar refractivity (Wildman–Crippen MR) is 39.6 cm³/mol. The normalized spacial score (nSPS) is 10.4. The maximum atomic E-state index is 8.16. The van der Waals surface area contributed by atoms with E-state index < -0.39 is 0 Å². The van der Waals surface area contributed by atoms with Gasteiger partial charge in [0.25, 0.3) is 0 Å². The molecule has 0 aliphatic rings. The van der Waals surface area contributed by atoms with E-state index in [4.69, 9.17) is 15.2 Å². The lowest BCUT2D eigenvalue weighted by molar-refractivity contribution is 0.0982. The van der Waals surface area contributed by atoms with Crippen molar-refractivity contribution in [3.8, 4) is 0 Å². The first-order valence-electron chi connectivity index (χ1n) is 3.73. The van der Waals surface area contributed by atoms with Crippen LogP contribution in [0.2, 0.25) is 0 Å². The highest BCUT2D eigenvalue weighted by molar-refractivity contribution is 4.39. The zero-order valence-corrected chi connectivity index (χ0v) is 6.55. The molecule has 0 amide bonds. The van der Waals surface area contributed by atoms with Gasteiger partial charge in [0.15, 0.2) is 0 Å². The van der Waals surface area contributed by atoms with Crippen LogP contribution in [0, 0.1) is 0 Å². The third-order valence-electron chi connectivity index (χ3n) is 1.15. The van der Waals surface area contributed by atoms with Crippen molar-refractivity contribution in [3.63, 3.8) is 0 Å². The maximum absolute atomic E-state index is 8.16. The minimum atomic E-state index is 0.554. The number of rotatable bonds is 8. The van der Waals surface area contributed by atoms with Gasteiger partial charge in [0.1, 0.15) is 0 Å². The highest BCUT2D eigenvalue weighted by Crippen LogP contribution is 1.83. The smallest absolute Gasteiger partial charge is 0.0479 e. The van der Waals surface area contributed by atoms with Crippen LogP contribution in [0.15, 0.2) is 0 Å². The van der Waals surface area contributed by atoms with Gasteiger partial charge >= 0.3 is 0 Å². The summed E-state index contributed by atoms with van der Waals surface area (Å²) in [7, 11) is 0. The minimum absolute atomic E-state index is 0.554. The second-order valence-electron chi connectivity index (χ2n) is 2.14. The van der Waals surface area contributed by atoms with Crippen molar-refractivity contribution < 1.29 is 15.2 Å². The monoisotopic (exact) mass is 164 g/mol. The van der Waals surface area contributed by atoms with E-state index in [9.17, 15) is 0 Å². The Morgan fingerprint density at radius 3 is 1.73 bits per heavy atom. The van der Waals surface area contributed by atoms with E-state index in [1.165, 1.54) is 0 Å². The lowest BCUT2D eigenvalue weighted by atomic mass is 10.4. The fourth-order valence-electron chi connectivity index (χ4n) is 0.609. The molecular weight excluding hydrogens is 148 g/mol. The van der Waals surface area contributed by atoms with Gasteiger partial charge in [0.2, 0.25) is 0 Å². The summed E-state index contributed by atoms with van der Waals surface area (Å²) in [4.78, 5) is 0. The van der Waals surface area contributed by atoms with Crippen LogP contribution in [0.1, 0.15) is 12.8 Å². The van der Waals surface area contributed by atoms with Gasteiger partial charge in [-0.1, -0.05) is 0 Å². The second kappa shape index (κ2) is 9.80. The average Bonchev–Trinajstić information content (AvgIpc) is 2.03. The quantitative estimate of drug-likeness (QED) is 0.294. The fourth-order valence-corrected chi connectivity index (χ4v) is 0.609. The summed E-state index contributed by atoms with van der Waals surface area (Å²) < 4.78 is 5.14. The van der Waals surface area contributed by atoms with Gasteiger partial charge in [-0.3, -0.25) is 0 Å². The van der Waals surface area contributed by atoms with Crippen molar-refractivity contribution in [2.24, 2.45) is 0 Å². The summed E-state index contributed by atoms with van der Waals surface area (Å²) in [6.45, 7) is 2.38.